The van der Waals surface area contributed by atoms with E-state index in [-0.39, 0.29) is 5.92 Å². The van der Waals surface area contributed by atoms with E-state index < -0.39 is 0 Å². The predicted molar refractivity (Wildman–Crippen MR) is 95.3 cm³/mol. The third kappa shape index (κ3) is 2.50. The monoisotopic (exact) mass is 309 g/mol. The zero-order chi connectivity index (χ0) is 15.9. The number of fused-ring (bicyclic) bond motifs is 1. The van der Waals surface area contributed by atoms with Crippen LogP contribution in [0.5, 0.6) is 0 Å². The molecule has 0 fully saturated rings. The standard InChI is InChI=1S/C18H19N3S/c1-11-4-7-14(8-5-11)16-17(13(3)18(19)22)21-10-12(2)6-9-15(21)20-16/h4-10,13H,1-3H3,(H2,19,22). The van der Waals surface area contributed by atoms with Crippen molar-refractivity contribution in [2.45, 2.75) is 26.7 Å². The van der Waals surface area contributed by atoms with Crippen LogP contribution in [0.25, 0.3) is 16.9 Å². The molecule has 3 aromatic rings. The quantitative estimate of drug-likeness (QED) is 0.743. The minimum atomic E-state index is -0.0388. The number of pyridine rings is 1. The van der Waals surface area contributed by atoms with E-state index in [9.17, 15) is 0 Å². The second kappa shape index (κ2) is 5.54. The summed E-state index contributed by atoms with van der Waals surface area (Å²) in [7, 11) is 0. The van der Waals surface area contributed by atoms with Gasteiger partial charge in [-0.15, -0.1) is 0 Å². The van der Waals surface area contributed by atoms with E-state index in [1.165, 1.54) is 11.1 Å². The van der Waals surface area contributed by atoms with Crippen LogP contribution in [0.4, 0.5) is 0 Å². The third-order valence-electron chi connectivity index (χ3n) is 3.97. The number of nitrogens with zero attached hydrogens (tertiary/aromatic N) is 2. The summed E-state index contributed by atoms with van der Waals surface area (Å²) in [5.41, 5.74) is 12.3. The first-order chi connectivity index (χ1) is 10.5. The Balaban J connectivity index is 2.31. The topological polar surface area (TPSA) is 43.3 Å². The highest BCUT2D eigenvalue weighted by atomic mass is 32.1. The van der Waals surface area contributed by atoms with Crippen LogP contribution >= 0.6 is 12.2 Å². The summed E-state index contributed by atoms with van der Waals surface area (Å²) >= 11 is 5.23. The SMILES string of the molecule is Cc1ccc(-c2nc3ccc(C)cn3c2C(C)C(N)=S)cc1. The average Bonchev–Trinajstić information content (AvgIpc) is 2.85. The number of aryl methyl sites for hydroxylation is 2. The molecule has 0 aliphatic carbocycles. The van der Waals surface area contributed by atoms with Crippen LogP contribution in [0.1, 0.15) is 29.7 Å². The summed E-state index contributed by atoms with van der Waals surface area (Å²) in [6.07, 6.45) is 2.09. The average molecular weight is 309 g/mol. The molecular formula is C18H19N3S. The van der Waals surface area contributed by atoms with Gasteiger partial charge in [-0.3, -0.25) is 0 Å². The van der Waals surface area contributed by atoms with Gasteiger partial charge in [0.25, 0.3) is 0 Å². The first-order valence-electron chi connectivity index (χ1n) is 7.32. The Kier molecular flexibility index (Phi) is 3.71. The van der Waals surface area contributed by atoms with E-state index in [0.717, 1.165) is 22.6 Å². The number of hydrogen-bond donors (Lipinski definition) is 1. The van der Waals surface area contributed by atoms with Crippen LogP contribution < -0.4 is 5.73 Å². The molecule has 0 saturated carbocycles. The zero-order valence-electron chi connectivity index (χ0n) is 13.0. The largest absolute Gasteiger partial charge is 0.393 e. The number of hydrogen-bond acceptors (Lipinski definition) is 2. The molecule has 1 atom stereocenters. The lowest BCUT2D eigenvalue weighted by molar-refractivity contribution is 0.926. The predicted octanol–water partition coefficient (Wildman–Crippen LogP) is 4.01. The van der Waals surface area contributed by atoms with Crippen molar-refractivity contribution in [3.63, 3.8) is 0 Å². The molecule has 0 aliphatic heterocycles. The fraction of sp³-hybridized carbons (Fsp3) is 0.222. The summed E-state index contributed by atoms with van der Waals surface area (Å²) in [6.45, 7) is 6.18. The van der Waals surface area contributed by atoms with Crippen molar-refractivity contribution in [1.82, 2.24) is 9.38 Å². The molecule has 3 nitrogen and oxygen atoms in total. The second-order valence-corrected chi connectivity index (χ2v) is 6.24. The molecule has 0 aliphatic rings. The number of thiocarbonyl (C=S) groups is 1. The van der Waals surface area contributed by atoms with Gasteiger partial charge in [0.1, 0.15) is 5.65 Å². The number of aromatic nitrogens is 2. The highest BCUT2D eigenvalue weighted by Crippen LogP contribution is 2.30. The van der Waals surface area contributed by atoms with Crippen LogP contribution in [0.2, 0.25) is 0 Å². The summed E-state index contributed by atoms with van der Waals surface area (Å²) in [5.74, 6) is -0.0388. The number of rotatable bonds is 3. The van der Waals surface area contributed by atoms with Crippen molar-refractivity contribution in [1.29, 1.82) is 0 Å². The van der Waals surface area contributed by atoms with Gasteiger partial charge in [0.15, 0.2) is 0 Å². The second-order valence-electron chi connectivity index (χ2n) is 5.77. The van der Waals surface area contributed by atoms with Crippen molar-refractivity contribution >= 4 is 22.9 Å². The van der Waals surface area contributed by atoms with Gasteiger partial charge in [-0.1, -0.05) is 55.0 Å². The molecule has 0 saturated heterocycles. The summed E-state index contributed by atoms with van der Waals surface area (Å²) in [6, 6.07) is 12.5. The lowest BCUT2D eigenvalue weighted by Crippen LogP contribution is -2.18. The van der Waals surface area contributed by atoms with Gasteiger partial charge < -0.3 is 10.1 Å². The smallest absolute Gasteiger partial charge is 0.137 e. The minimum absolute atomic E-state index is 0.0388. The fourth-order valence-corrected chi connectivity index (χ4v) is 2.75. The Morgan fingerprint density at radius 2 is 1.73 bits per heavy atom. The minimum Gasteiger partial charge on any atom is -0.393 e. The third-order valence-corrected chi connectivity index (χ3v) is 4.32. The lowest BCUT2D eigenvalue weighted by atomic mass is 10.0. The van der Waals surface area contributed by atoms with Gasteiger partial charge in [0, 0.05) is 17.7 Å². The van der Waals surface area contributed by atoms with Crippen LogP contribution in [-0.4, -0.2) is 14.4 Å². The Hall–Kier alpha value is -2.20. The van der Waals surface area contributed by atoms with Crippen LogP contribution in [0.3, 0.4) is 0 Å². The number of nitrogens with two attached hydrogens (primary N) is 1. The van der Waals surface area contributed by atoms with E-state index in [0.29, 0.717) is 4.99 Å². The van der Waals surface area contributed by atoms with Gasteiger partial charge in [-0.25, -0.2) is 4.98 Å². The van der Waals surface area contributed by atoms with Crippen LogP contribution in [0, 0.1) is 13.8 Å². The molecule has 0 bridgehead atoms. The molecule has 0 spiro atoms. The van der Waals surface area contributed by atoms with Gasteiger partial charge in [0.05, 0.1) is 16.4 Å². The first-order valence-corrected chi connectivity index (χ1v) is 7.73. The van der Waals surface area contributed by atoms with Gasteiger partial charge in [-0.2, -0.15) is 0 Å². The molecular weight excluding hydrogens is 290 g/mol. The van der Waals surface area contributed by atoms with E-state index in [1.807, 2.05) is 13.0 Å². The molecule has 2 N–H and O–H groups in total. The van der Waals surface area contributed by atoms with E-state index in [2.05, 4.69) is 54.8 Å². The van der Waals surface area contributed by atoms with E-state index in [1.54, 1.807) is 0 Å². The molecule has 4 heteroatoms. The lowest BCUT2D eigenvalue weighted by Gasteiger charge is -2.12. The van der Waals surface area contributed by atoms with Crippen molar-refractivity contribution in [2.24, 2.45) is 5.73 Å². The highest BCUT2D eigenvalue weighted by Gasteiger charge is 2.21. The van der Waals surface area contributed by atoms with Crippen molar-refractivity contribution < 1.29 is 0 Å². The molecule has 22 heavy (non-hydrogen) atoms. The number of imidazole rings is 1. The fourth-order valence-electron chi connectivity index (χ4n) is 2.64. The van der Waals surface area contributed by atoms with Crippen molar-refractivity contribution in [2.75, 3.05) is 0 Å². The Labute approximate surface area is 135 Å². The zero-order valence-corrected chi connectivity index (χ0v) is 13.8. The molecule has 1 aromatic carbocycles. The van der Waals surface area contributed by atoms with E-state index >= 15 is 0 Å². The Bertz CT molecular complexity index is 847. The van der Waals surface area contributed by atoms with Gasteiger partial charge in [-0.05, 0) is 25.5 Å². The molecule has 2 aromatic heterocycles. The van der Waals surface area contributed by atoms with Crippen LogP contribution in [-0.2, 0) is 0 Å². The van der Waals surface area contributed by atoms with Crippen molar-refractivity contribution in [3.05, 3.63) is 59.4 Å². The van der Waals surface area contributed by atoms with Crippen LogP contribution in [0.15, 0.2) is 42.6 Å². The first kappa shape index (κ1) is 14.7. The molecule has 0 radical (unpaired) electrons. The summed E-state index contributed by atoms with van der Waals surface area (Å²) < 4.78 is 2.11. The molecule has 2 heterocycles. The van der Waals surface area contributed by atoms with E-state index in [4.69, 9.17) is 22.9 Å². The molecule has 0 amide bonds. The summed E-state index contributed by atoms with van der Waals surface area (Å²) in [5, 5.41) is 0. The molecule has 1 unspecified atom stereocenters. The Morgan fingerprint density at radius 3 is 2.36 bits per heavy atom. The summed E-state index contributed by atoms with van der Waals surface area (Å²) in [4.78, 5) is 5.29. The molecule has 3 rings (SSSR count). The maximum Gasteiger partial charge on any atom is 0.137 e. The number of benzene rings is 1. The normalized spacial score (nSPS) is 12.5. The Morgan fingerprint density at radius 1 is 1.09 bits per heavy atom. The van der Waals surface area contributed by atoms with Gasteiger partial charge >= 0.3 is 0 Å². The van der Waals surface area contributed by atoms with Crippen molar-refractivity contribution in [3.8, 4) is 11.3 Å². The highest BCUT2D eigenvalue weighted by molar-refractivity contribution is 7.80. The molecule has 112 valence electrons. The maximum atomic E-state index is 5.92. The maximum absolute atomic E-state index is 5.92. The van der Waals surface area contributed by atoms with Gasteiger partial charge in [0.2, 0.25) is 0 Å².